The Morgan fingerprint density at radius 3 is 2.00 bits per heavy atom. The first-order chi connectivity index (χ1) is 8.17. The topological polar surface area (TPSA) is 60.7 Å². The van der Waals surface area contributed by atoms with Crippen LogP contribution in [0.15, 0.2) is 0 Å². The number of aliphatic hydroxyl groups excluding tert-OH is 3. The van der Waals surface area contributed by atoms with Gasteiger partial charge in [-0.15, -0.1) is 0 Å². The van der Waals surface area contributed by atoms with Gasteiger partial charge < -0.3 is 15.3 Å². The number of rotatable bonds is 11. The van der Waals surface area contributed by atoms with Gasteiger partial charge in [-0.1, -0.05) is 32.6 Å². The van der Waals surface area contributed by atoms with Crippen molar-refractivity contribution in [2.75, 3.05) is 24.4 Å². The van der Waals surface area contributed by atoms with Crippen molar-refractivity contribution in [2.45, 2.75) is 45.1 Å². The zero-order valence-corrected chi connectivity index (χ0v) is 12.8. The van der Waals surface area contributed by atoms with Crippen molar-refractivity contribution >= 4 is 20.7 Å². The summed E-state index contributed by atoms with van der Waals surface area (Å²) in [6.45, 7) is 2.15. The Hall–Kier alpha value is 0.447. The van der Waals surface area contributed by atoms with Gasteiger partial charge in [0, 0.05) is 18.7 Å². The van der Waals surface area contributed by atoms with Gasteiger partial charge in [-0.3, -0.25) is 0 Å². The molecule has 0 aliphatic heterocycles. The zero-order valence-electron chi connectivity index (χ0n) is 10.9. The average Bonchev–Trinajstić information content (AvgIpc) is 2.39. The number of aliphatic hydroxyl groups is 3. The first-order valence-corrected chi connectivity index (χ1v) is 10.1. The van der Waals surface area contributed by atoms with E-state index in [1.54, 1.807) is 0 Å². The summed E-state index contributed by atoms with van der Waals surface area (Å²) in [6, 6.07) is 0.841. The molecule has 0 fully saturated rings. The Bertz CT molecular complexity index is 169. The Kier molecular flexibility index (Phi) is 10.6. The van der Waals surface area contributed by atoms with E-state index in [9.17, 15) is 15.3 Å². The SMILES string of the molecule is CCC(CCCCCS)C[Si](CO)(CO)CO. The van der Waals surface area contributed by atoms with E-state index in [1.807, 2.05) is 0 Å². The highest BCUT2D eigenvalue weighted by Gasteiger charge is 2.33. The summed E-state index contributed by atoms with van der Waals surface area (Å²) in [5.41, 5.74) is 0. The highest BCUT2D eigenvalue weighted by molar-refractivity contribution is 7.80. The summed E-state index contributed by atoms with van der Waals surface area (Å²) in [7, 11) is -2.22. The summed E-state index contributed by atoms with van der Waals surface area (Å²) in [5.74, 6) is 1.48. The Balaban J connectivity index is 4.08. The normalized spacial score (nSPS) is 13.9. The summed E-state index contributed by atoms with van der Waals surface area (Å²) < 4.78 is 0. The van der Waals surface area contributed by atoms with E-state index in [1.165, 1.54) is 12.8 Å². The van der Waals surface area contributed by atoms with E-state index in [0.29, 0.717) is 5.92 Å². The maximum absolute atomic E-state index is 9.36. The fourth-order valence-electron chi connectivity index (χ4n) is 2.13. The van der Waals surface area contributed by atoms with Crippen LogP contribution in [-0.2, 0) is 0 Å². The van der Waals surface area contributed by atoms with E-state index < -0.39 is 8.07 Å². The van der Waals surface area contributed by atoms with Crippen molar-refractivity contribution in [3.63, 3.8) is 0 Å². The summed E-state index contributed by atoms with van der Waals surface area (Å²) >= 11 is 4.19. The highest BCUT2D eigenvalue weighted by atomic mass is 32.1. The first-order valence-electron chi connectivity index (χ1n) is 6.61. The lowest BCUT2D eigenvalue weighted by Crippen LogP contribution is -2.49. The molecule has 3 nitrogen and oxygen atoms in total. The maximum atomic E-state index is 9.36. The number of hydrogen-bond acceptors (Lipinski definition) is 4. The highest BCUT2D eigenvalue weighted by Crippen LogP contribution is 2.24. The van der Waals surface area contributed by atoms with Crippen LogP contribution in [0.25, 0.3) is 0 Å². The molecule has 0 heterocycles. The molecule has 0 spiro atoms. The maximum Gasteiger partial charge on any atom is 0.140 e. The molecule has 0 aromatic heterocycles. The summed E-state index contributed by atoms with van der Waals surface area (Å²) in [5, 5.41) is 28.1. The van der Waals surface area contributed by atoms with E-state index in [-0.39, 0.29) is 18.7 Å². The van der Waals surface area contributed by atoms with Gasteiger partial charge in [-0.05, 0) is 24.1 Å². The van der Waals surface area contributed by atoms with Crippen LogP contribution in [-0.4, -0.2) is 47.8 Å². The van der Waals surface area contributed by atoms with Crippen molar-refractivity contribution in [3.05, 3.63) is 0 Å². The van der Waals surface area contributed by atoms with Gasteiger partial charge in [-0.2, -0.15) is 12.6 Å². The van der Waals surface area contributed by atoms with E-state index in [0.717, 1.165) is 31.1 Å². The Morgan fingerprint density at radius 1 is 1.00 bits per heavy atom. The molecule has 0 rings (SSSR count). The third-order valence-electron chi connectivity index (χ3n) is 3.58. The lowest BCUT2D eigenvalue weighted by molar-refractivity contribution is 0.281. The van der Waals surface area contributed by atoms with Crippen LogP contribution in [0, 0.1) is 5.92 Å². The summed E-state index contributed by atoms with van der Waals surface area (Å²) in [6.07, 6.45) is 5.72. The molecule has 0 amide bonds. The number of thiol groups is 1. The predicted molar refractivity (Wildman–Crippen MR) is 77.9 cm³/mol. The van der Waals surface area contributed by atoms with Crippen molar-refractivity contribution in [3.8, 4) is 0 Å². The summed E-state index contributed by atoms with van der Waals surface area (Å²) in [4.78, 5) is 0. The molecule has 0 aliphatic rings. The minimum absolute atomic E-state index is 0.00681. The molecule has 0 aromatic carbocycles. The molecule has 0 bridgehead atoms. The molecule has 0 saturated heterocycles. The van der Waals surface area contributed by atoms with Gasteiger partial charge in [0.05, 0.1) is 0 Å². The fourth-order valence-corrected chi connectivity index (χ4v) is 4.76. The molecule has 0 aliphatic carbocycles. The van der Waals surface area contributed by atoms with Crippen molar-refractivity contribution in [1.29, 1.82) is 0 Å². The molecule has 104 valence electrons. The minimum Gasteiger partial charge on any atom is -0.399 e. The van der Waals surface area contributed by atoms with Crippen LogP contribution >= 0.6 is 12.6 Å². The molecule has 5 heteroatoms. The molecule has 1 atom stereocenters. The molecular weight excluding hydrogens is 252 g/mol. The van der Waals surface area contributed by atoms with Crippen LogP contribution < -0.4 is 0 Å². The van der Waals surface area contributed by atoms with Crippen molar-refractivity contribution < 1.29 is 15.3 Å². The molecule has 0 saturated carbocycles. The van der Waals surface area contributed by atoms with Crippen LogP contribution in [0.3, 0.4) is 0 Å². The zero-order chi connectivity index (χ0) is 13.1. The molecule has 1 unspecified atom stereocenters. The van der Waals surface area contributed by atoms with Crippen molar-refractivity contribution in [1.82, 2.24) is 0 Å². The van der Waals surface area contributed by atoms with Crippen LogP contribution in [0.5, 0.6) is 0 Å². The Labute approximate surface area is 112 Å². The lowest BCUT2D eigenvalue weighted by atomic mass is 10.0. The molecule has 17 heavy (non-hydrogen) atoms. The van der Waals surface area contributed by atoms with Crippen LogP contribution in [0.2, 0.25) is 6.04 Å². The third kappa shape index (κ3) is 6.81. The Morgan fingerprint density at radius 2 is 1.59 bits per heavy atom. The van der Waals surface area contributed by atoms with Gasteiger partial charge in [0.25, 0.3) is 0 Å². The van der Waals surface area contributed by atoms with Gasteiger partial charge in [0.2, 0.25) is 0 Å². The average molecular weight is 281 g/mol. The second kappa shape index (κ2) is 10.4. The van der Waals surface area contributed by atoms with E-state index in [2.05, 4.69) is 19.6 Å². The molecule has 0 aromatic rings. The fraction of sp³-hybridized carbons (Fsp3) is 1.00. The molecular formula is C12H28O3SSi. The van der Waals surface area contributed by atoms with Crippen LogP contribution in [0.4, 0.5) is 0 Å². The van der Waals surface area contributed by atoms with Gasteiger partial charge in [0.1, 0.15) is 8.07 Å². The predicted octanol–water partition coefficient (Wildman–Crippen LogP) is 1.55. The second-order valence-electron chi connectivity index (χ2n) is 5.03. The van der Waals surface area contributed by atoms with Gasteiger partial charge in [-0.25, -0.2) is 0 Å². The van der Waals surface area contributed by atoms with Gasteiger partial charge >= 0.3 is 0 Å². The lowest BCUT2D eigenvalue weighted by Gasteiger charge is -2.29. The number of hydrogen-bond donors (Lipinski definition) is 4. The van der Waals surface area contributed by atoms with Gasteiger partial charge in [0.15, 0.2) is 0 Å². The second-order valence-corrected chi connectivity index (χ2v) is 9.83. The minimum atomic E-state index is -2.22. The standard InChI is InChI=1S/C12H28O3SSi/c1-2-12(6-4-3-5-7-16)8-17(9-13,10-14)11-15/h12-16H,2-11H2,1H3. The van der Waals surface area contributed by atoms with Crippen molar-refractivity contribution in [2.24, 2.45) is 5.92 Å². The molecule has 0 radical (unpaired) electrons. The first kappa shape index (κ1) is 17.4. The third-order valence-corrected chi connectivity index (χ3v) is 7.35. The largest absolute Gasteiger partial charge is 0.399 e. The van der Waals surface area contributed by atoms with E-state index in [4.69, 9.17) is 0 Å². The van der Waals surface area contributed by atoms with Crippen LogP contribution in [0.1, 0.15) is 39.0 Å². The smallest absolute Gasteiger partial charge is 0.140 e. The van der Waals surface area contributed by atoms with E-state index >= 15 is 0 Å². The molecule has 3 N–H and O–H groups in total. The number of unbranched alkanes of at least 4 members (excludes halogenated alkanes) is 2. The monoisotopic (exact) mass is 280 g/mol. The quantitative estimate of drug-likeness (QED) is 0.264.